The van der Waals surface area contributed by atoms with Crippen LogP contribution < -0.4 is 0 Å². The van der Waals surface area contributed by atoms with Crippen molar-refractivity contribution in [3.05, 3.63) is 107 Å². The zero-order chi connectivity index (χ0) is 14.7. The molecule has 0 spiro atoms. The average molecular weight is 280 g/mol. The van der Waals surface area contributed by atoms with Crippen LogP contribution in [0.4, 0.5) is 8.78 Å². The van der Waals surface area contributed by atoms with Crippen LogP contribution in [0.1, 0.15) is 16.7 Å². The van der Waals surface area contributed by atoms with Crippen molar-refractivity contribution in [1.82, 2.24) is 0 Å². The number of alkyl halides is 1. The van der Waals surface area contributed by atoms with E-state index in [-0.39, 0.29) is 5.82 Å². The third kappa shape index (κ3) is 2.45. The molecule has 0 atom stereocenters. The summed E-state index contributed by atoms with van der Waals surface area (Å²) in [4.78, 5) is 0. The lowest BCUT2D eigenvalue weighted by Gasteiger charge is -2.27. The molecule has 2 heteroatoms. The molecule has 3 rings (SSSR count). The Morgan fingerprint density at radius 3 is 1.33 bits per heavy atom. The van der Waals surface area contributed by atoms with Gasteiger partial charge in [-0.15, -0.1) is 0 Å². The first-order valence-electron chi connectivity index (χ1n) is 6.77. The fraction of sp³-hybridized carbons (Fsp3) is 0.0526. The van der Waals surface area contributed by atoms with Crippen LogP contribution in [0.5, 0.6) is 0 Å². The largest absolute Gasteiger partial charge is 0.228 e. The lowest BCUT2D eigenvalue weighted by Crippen LogP contribution is -2.23. The minimum atomic E-state index is -1.80. The first kappa shape index (κ1) is 13.5. The normalized spacial score (nSPS) is 11.3. The molecule has 0 unspecified atom stereocenters. The van der Waals surface area contributed by atoms with Crippen LogP contribution in [-0.2, 0) is 5.67 Å². The number of halogens is 2. The van der Waals surface area contributed by atoms with Crippen LogP contribution in [0.25, 0.3) is 0 Å². The summed E-state index contributed by atoms with van der Waals surface area (Å²) in [6.07, 6.45) is 0. The molecule has 0 amide bonds. The highest BCUT2D eigenvalue weighted by molar-refractivity contribution is 5.46. The van der Waals surface area contributed by atoms with E-state index in [0.29, 0.717) is 16.7 Å². The van der Waals surface area contributed by atoms with Gasteiger partial charge in [0.25, 0.3) is 0 Å². The summed E-state index contributed by atoms with van der Waals surface area (Å²) in [7, 11) is 0. The van der Waals surface area contributed by atoms with Crippen LogP contribution in [0.2, 0.25) is 0 Å². The maximum absolute atomic E-state index is 16.0. The van der Waals surface area contributed by atoms with Crippen molar-refractivity contribution >= 4 is 0 Å². The van der Waals surface area contributed by atoms with Gasteiger partial charge in [0.05, 0.1) is 0 Å². The van der Waals surface area contributed by atoms with Gasteiger partial charge in [-0.25, -0.2) is 8.78 Å². The predicted octanol–water partition coefficient (Wildman–Crippen LogP) is 5.09. The molecule has 0 aliphatic heterocycles. The first-order chi connectivity index (χ1) is 10.2. The average Bonchev–Trinajstić information content (AvgIpc) is 2.56. The second-order valence-corrected chi connectivity index (χ2v) is 4.90. The molecule has 0 aliphatic rings. The highest BCUT2D eigenvalue weighted by Gasteiger charge is 2.36. The molecule has 0 saturated carbocycles. The Kier molecular flexibility index (Phi) is 3.53. The third-order valence-corrected chi connectivity index (χ3v) is 3.59. The van der Waals surface area contributed by atoms with E-state index in [0.717, 1.165) is 0 Å². The van der Waals surface area contributed by atoms with Gasteiger partial charge in [-0.05, 0) is 28.8 Å². The van der Waals surface area contributed by atoms with Gasteiger partial charge in [0, 0.05) is 0 Å². The lowest BCUT2D eigenvalue weighted by atomic mass is 9.82. The number of rotatable bonds is 3. The van der Waals surface area contributed by atoms with Crippen molar-refractivity contribution < 1.29 is 8.78 Å². The minimum Gasteiger partial charge on any atom is -0.228 e. The van der Waals surface area contributed by atoms with Crippen molar-refractivity contribution in [2.45, 2.75) is 5.67 Å². The summed E-state index contributed by atoms with van der Waals surface area (Å²) < 4.78 is 29.2. The van der Waals surface area contributed by atoms with Crippen LogP contribution in [-0.4, -0.2) is 0 Å². The maximum atomic E-state index is 16.0. The van der Waals surface area contributed by atoms with Gasteiger partial charge < -0.3 is 0 Å². The molecule has 104 valence electrons. The monoisotopic (exact) mass is 280 g/mol. The summed E-state index contributed by atoms with van der Waals surface area (Å²) in [5.41, 5.74) is -0.317. The molecule has 21 heavy (non-hydrogen) atoms. The maximum Gasteiger partial charge on any atom is 0.186 e. The number of benzene rings is 3. The molecule has 3 aromatic rings. The van der Waals surface area contributed by atoms with Crippen molar-refractivity contribution in [3.8, 4) is 0 Å². The lowest BCUT2D eigenvalue weighted by molar-refractivity contribution is 0.281. The van der Waals surface area contributed by atoms with Gasteiger partial charge in [0.15, 0.2) is 5.67 Å². The van der Waals surface area contributed by atoms with Crippen LogP contribution in [0.15, 0.2) is 84.9 Å². The van der Waals surface area contributed by atoms with Gasteiger partial charge in [0.1, 0.15) is 5.82 Å². The molecular formula is C19H14F2. The first-order valence-corrected chi connectivity index (χ1v) is 6.77. The van der Waals surface area contributed by atoms with E-state index in [1.165, 1.54) is 24.3 Å². The molecule has 0 aliphatic carbocycles. The van der Waals surface area contributed by atoms with Crippen molar-refractivity contribution in [2.24, 2.45) is 0 Å². The quantitative estimate of drug-likeness (QED) is 0.586. The van der Waals surface area contributed by atoms with Crippen molar-refractivity contribution in [3.63, 3.8) is 0 Å². The molecule has 3 aromatic carbocycles. The second kappa shape index (κ2) is 5.49. The smallest absolute Gasteiger partial charge is 0.186 e. The summed E-state index contributed by atoms with van der Waals surface area (Å²) >= 11 is 0. The predicted molar refractivity (Wildman–Crippen MR) is 80.3 cm³/mol. The van der Waals surface area contributed by atoms with E-state index in [2.05, 4.69) is 0 Å². The zero-order valence-electron chi connectivity index (χ0n) is 11.3. The molecule has 0 fully saturated rings. The summed E-state index contributed by atoms with van der Waals surface area (Å²) in [6, 6.07) is 23.5. The van der Waals surface area contributed by atoms with E-state index >= 15 is 4.39 Å². The Balaban J connectivity index is 2.23. The fourth-order valence-corrected chi connectivity index (χ4v) is 2.52. The molecule has 0 radical (unpaired) electrons. The topological polar surface area (TPSA) is 0 Å². The minimum absolute atomic E-state index is 0.373. The zero-order valence-corrected chi connectivity index (χ0v) is 11.3. The van der Waals surface area contributed by atoms with Gasteiger partial charge in [-0.1, -0.05) is 72.8 Å². The van der Waals surface area contributed by atoms with Crippen molar-refractivity contribution in [1.29, 1.82) is 0 Å². The van der Waals surface area contributed by atoms with Gasteiger partial charge in [-0.2, -0.15) is 0 Å². The second-order valence-electron chi connectivity index (χ2n) is 4.90. The number of hydrogen-bond donors (Lipinski definition) is 0. The standard InChI is InChI=1S/C19H14F2/c20-18-13-11-17(12-14-18)19(21,15-7-3-1-4-8-15)16-9-5-2-6-10-16/h1-14H. The van der Waals surface area contributed by atoms with Crippen LogP contribution in [0.3, 0.4) is 0 Å². The van der Waals surface area contributed by atoms with Gasteiger partial charge >= 0.3 is 0 Å². The third-order valence-electron chi connectivity index (χ3n) is 3.59. The molecule has 0 heterocycles. The van der Waals surface area contributed by atoms with Crippen LogP contribution >= 0.6 is 0 Å². The molecular weight excluding hydrogens is 266 g/mol. The highest BCUT2D eigenvalue weighted by Crippen LogP contribution is 2.40. The Bertz CT molecular complexity index is 664. The highest BCUT2D eigenvalue weighted by atomic mass is 19.1. The molecule has 0 saturated heterocycles. The summed E-state index contributed by atoms with van der Waals surface area (Å²) in [6.45, 7) is 0. The SMILES string of the molecule is Fc1ccc(C(F)(c2ccccc2)c2ccccc2)cc1. The molecule has 0 aromatic heterocycles. The molecule has 0 bridgehead atoms. The van der Waals surface area contributed by atoms with E-state index in [4.69, 9.17) is 0 Å². The van der Waals surface area contributed by atoms with E-state index in [1.807, 2.05) is 12.1 Å². The summed E-state index contributed by atoms with van der Waals surface area (Å²) in [5.74, 6) is -0.373. The van der Waals surface area contributed by atoms with Gasteiger partial charge in [-0.3, -0.25) is 0 Å². The molecule has 0 nitrogen and oxygen atoms in total. The van der Waals surface area contributed by atoms with E-state index < -0.39 is 5.67 Å². The number of hydrogen-bond acceptors (Lipinski definition) is 0. The van der Waals surface area contributed by atoms with Crippen molar-refractivity contribution in [2.75, 3.05) is 0 Å². The van der Waals surface area contributed by atoms with Gasteiger partial charge in [0.2, 0.25) is 0 Å². The fourth-order valence-electron chi connectivity index (χ4n) is 2.52. The summed E-state index contributed by atoms with van der Waals surface area (Å²) in [5, 5.41) is 0. The van der Waals surface area contributed by atoms with E-state index in [9.17, 15) is 4.39 Å². The molecule has 0 N–H and O–H groups in total. The Morgan fingerprint density at radius 1 is 0.524 bits per heavy atom. The Labute approximate surface area is 122 Å². The van der Waals surface area contributed by atoms with E-state index in [1.54, 1.807) is 48.5 Å². The Morgan fingerprint density at radius 2 is 0.905 bits per heavy atom. The van der Waals surface area contributed by atoms with Crippen LogP contribution in [0, 0.1) is 5.82 Å². The Hall–Kier alpha value is -2.48.